The molecule has 0 spiro atoms. The molecular weight excluding hydrogens is 426 g/mol. The van der Waals surface area contributed by atoms with E-state index in [1.54, 1.807) is 0 Å². The molecule has 8 heteroatoms. The Hall–Kier alpha value is -1.83. The molecule has 0 saturated carbocycles. The van der Waals surface area contributed by atoms with Gasteiger partial charge in [0.05, 0.1) is 31.8 Å². The van der Waals surface area contributed by atoms with Crippen LogP contribution in [0, 0.1) is 11.3 Å². The molecule has 0 aliphatic carbocycles. The maximum Gasteiger partial charge on any atom is 0.407 e. The van der Waals surface area contributed by atoms with Crippen molar-refractivity contribution in [3.8, 4) is 0 Å². The zero-order valence-electron chi connectivity index (χ0n) is 21.5. The summed E-state index contributed by atoms with van der Waals surface area (Å²) in [4.78, 5) is 35.2. The van der Waals surface area contributed by atoms with Gasteiger partial charge in [-0.1, -0.05) is 40.0 Å². The maximum absolute atomic E-state index is 11.8. The molecule has 0 radical (unpaired) electrons. The van der Waals surface area contributed by atoms with Gasteiger partial charge in [-0.15, -0.1) is 0 Å². The summed E-state index contributed by atoms with van der Waals surface area (Å²) in [6.07, 6.45) is 7.32. The molecule has 0 heterocycles. The molecular formula is C25H47NO7. The third-order valence-electron chi connectivity index (χ3n) is 5.69. The number of ether oxygens (including phenoxy) is 4. The van der Waals surface area contributed by atoms with E-state index in [4.69, 9.17) is 18.9 Å². The van der Waals surface area contributed by atoms with Gasteiger partial charge in [-0.25, -0.2) is 4.79 Å². The topological polar surface area (TPSA) is 100 Å². The van der Waals surface area contributed by atoms with E-state index < -0.39 is 11.5 Å². The lowest BCUT2D eigenvalue weighted by atomic mass is 9.91. The molecule has 0 aliphatic rings. The average molecular weight is 474 g/mol. The minimum absolute atomic E-state index is 0.146. The number of rotatable bonds is 20. The van der Waals surface area contributed by atoms with Crippen molar-refractivity contribution in [2.75, 3.05) is 39.6 Å². The largest absolute Gasteiger partial charge is 0.465 e. The van der Waals surface area contributed by atoms with Crippen molar-refractivity contribution < 1.29 is 33.3 Å². The zero-order valence-corrected chi connectivity index (χ0v) is 21.5. The molecule has 0 aromatic rings. The Morgan fingerprint density at radius 2 is 1.61 bits per heavy atom. The number of nitrogens with one attached hydrogen (secondary N) is 1. The highest BCUT2D eigenvalue weighted by molar-refractivity contribution is 5.75. The van der Waals surface area contributed by atoms with Crippen LogP contribution in [0.25, 0.3) is 0 Å². The first-order chi connectivity index (χ1) is 15.8. The summed E-state index contributed by atoms with van der Waals surface area (Å²) in [5, 5.41) is 2.60. The Labute approximate surface area is 200 Å². The van der Waals surface area contributed by atoms with E-state index in [1.807, 2.05) is 20.8 Å². The third kappa shape index (κ3) is 17.3. The quantitative estimate of drug-likeness (QED) is 0.150. The van der Waals surface area contributed by atoms with Crippen LogP contribution in [0.5, 0.6) is 0 Å². The third-order valence-corrected chi connectivity index (χ3v) is 5.69. The molecule has 0 aromatic carbocycles. The van der Waals surface area contributed by atoms with Gasteiger partial charge >= 0.3 is 18.0 Å². The summed E-state index contributed by atoms with van der Waals surface area (Å²) in [6.45, 7) is 11.8. The number of hydrogen-bond acceptors (Lipinski definition) is 7. The van der Waals surface area contributed by atoms with Gasteiger partial charge in [0.2, 0.25) is 0 Å². The van der Waals surface area contributed by atoms with Crippen LogP contribution in [0.1, 0.15) is 92.4 Å². The van der Waals surface area contributed by atoms with Crippen LogP contribution in [0.15, 0.2) is 0 Å². The SMILES string of the molecule is CCCCC(CC)COC(=O)CCCCCOC(=O)NCCOCCOC(=O)C(C)(C)CC. The predicted octanol–water partition coefficient (Wildman–Crippen LogP) is 5.03. The summed E-state index contributed by atoms with van der Waals surface area (Å²) in [5.41, 5.74) is -0.485. The molecule has 0 rings (SSSR count). The smallest absolute Gasteiger partial charge is 0.407 e. The van der Waals surface area contributed by atoms with E-state index in [0.29, 0.717) is 51.5 Å². The molecule has 1 atom stereocenters. The summed E-state index contributed by atoms with van der Waals surface area (Å²) in [7, 11) is 0. The molecule has 0 bridgehead atoms. The number of carbonyl (C=O) groups is 3. The molecule has 0 aliphatic heterocycles. The minimum Gasteiger partial charge on any atom is -0.465 e. The van der Waals surface area contributed by atoms with Crippen molar-refractivity contribution in [1.29, 1.82) is 0 Å². The van der Waals surface area contributed by atoms with Gasteiger partial charge in [-0.3, -0.25) is 9.59 Å². The molecule has 1 N–H and O–H groups in total. The van der Waals surface area contributed by atoms with Gasteiger partial charge in [-0.2, -0.15) is 0 Å². The molecule has 0 fully saturated rings. The highest BCUT2D eigenvalue weighted by atomic mass is 16.6. The molecule has 194 valence electrons. The Balaban J connectivity index is 3.55. The molecule has 33 heavy (non-hydrogen) atoms. The van der Waals surface area contributed by atoms with Crippen molar-refractivity contribution in [1.82, 2.24) is 5.32 Å². The Morgan fingerprint density at radius 3 is 2.27 bits per heavy atom. The first kappa shape index (κ1) is 31.2. The van der Waals surface area contributed by atoms with Crippen LogP contribution in [0.4, 0.5) is 4.79 Å². The normalized spacial score (nSPS) is 12.2. The number of alkyl carbamates (subject to hydrolysis) is 1. The molecule has 1 unspecified atom stereocenters. The summed E-state index contributed by atoms with van der Waals surface area (Å²) < 4.78 is 21.0. The highest BCUT2D eigenvalue weighted by Crippen LogP contribution is 2.21. The van der Waals surface area contributed by atoms with E-state index in [2.05, 4.69) is 19.2 Å². The predicted molar refractivity (Wildman–Crippen MR) is 128 cm³/mol. The second kappa shape index (κ2) is 19.6. The molecule has 8 nitrogen and oxygen atoms in total. The summed E-state index contributed by atoms with van der Waals surface area (Å²) >= 11 is 0. The maximum atomic E-state index is 11.8. The monoisotopic (exact) mass is 473 g/mol. The van der Waals surface area contributed by atoms with Crippen molar-refractivity contribution in [2.24, 2.45) is 11.3 Å². The lowest BCUT2D eigenvalue weighted by Gasteiger charge is -2.20. The average Bonchev–Trinajstić information content (AvgIpc) is 2.80. The fraction of sp³-hybridized carbons (Fsp3) is 0.880. The zero-order chi connectivity index (χ0) is 25.0. The van der Waals surface area contributed by atoms with Gasteiger partial charge < -0.3 is 24.3 Å². The fourth-order valence-corrected chi connectivity index (χ4v) is 2.81. The first-order valence-electron chi connectivity index (χ1n) is 12.6. The van der Waals surface area contributed by atoms with Gasteiger partial charge in [0.15, 0.2) is 0 Å². The van der Waals surface area contributed by atoms with Gasteiger partial charge in [0.1, 0.15) is 6.61 Å². The summed E-state index contributed by atoms with van der Waals surface area (Å²) in [6, 6.07) is 0. The second-order valence-electron chi connectivity index (χ2n) is 8.96. The van der Waals surface area contributed by atoms with Crippen molar-refractivity contribution in [2.45, 2.75) is 92.4 Å². The van der Waals surface area contributed by atoms with Crippen LogP contribution >= 0.6 is 0 Å². The number of unbranched alkanes of at least 4 members (excludes halogenated alkanes) is 3. The number of amides is 1. The van der Waals surface area contributed by atoms with E-state index in [0.717, 1.165) is 32.1 Å². The highest BCUT2D eigenvalue weighted by Gasteiger charge is 2.26. The summed E-state index contributed by atoms with van der Waals surface area (Å²) in [5.74, 6) is 0.0779. The van der Waals surface area contributed by atoms with Crippen LogP contribution in [0.2, 0.25) is 0 Å². The van der Waals surface area contributed by atoms with Crippen LogP contribution in [0.3, 0.4) is 0 Å². The van der Waals surface area contributed by atoms with Gasteiger partial charge in [-0.05, 0) is 51.9 Å². The van der Waals surface area contributed by atoms with Crippen LogP contribution in [-0.4, -0.2) is 57.6 Å². The Morgan fingerprint density at radius 1 is 0.848 bits per heavy atom. The van der Waals surface area contributed by atoms with Gasteiger partial charge in [0.25, 0.3) is 0 Å². The molecule has 0 saturated heterocycles. The first-order valence-corrected chi connectivity index (χ1v) is 12.6. The number of carbonyl (C=O) groups excluding carboxylic acids is 3. The van der Waals surface area contributed by atoms with Crippen LogP contribution in [-0.2, 0) is 28.5 Å². The van der Waals surface area contributed by atoms with Crippen molar-refractivity contribution >= 4 is 18.0 Å². The Kier molecular flexibility index (Phi) is 18.5. The van der Waals surface area contributed by atoms with E-state index in [1.165, 1.54) is 6.42 Å². The lowest BCUT2D eigenvalue weighted by molar-refractivity contribution is -0.155. The number of esters is 2. The van der Waals surface area contributed by atoms with E-state index in [9.17, 15) is 14.4 Å². The molecule has 0 aromatic heterocycles. The Bertz CT molecular complexity index is 537. The van der Waals surface area contributed by atoms with Crippen molar-refractivity contribution in [3.05, 3.63) is 0 Å². The second-order valence-corrected chi connectivity index (χ2v) is 8.96. The van der Waals surface area contributed by atoms with Gasteiger partial charge in [0, 0.05) is 13.0 Å². The molecule has 1 amide bonds. The fourth-order valence-electron chi connectivity index (χ4n) is 2.81. The van der Waals surface area contributed by atoms with E-state index in [-0.39, 0.29) is 25.2 Å². The van der Waals surface area contributed by atoms with E-state index >= 15 is 0 Å². The standard InChI is InChI=1S/C25H47NO7/c1-6-9-13-21(7-2)20-33-22(27)14-11-10-12-16-32-24(29)26-15-17-30-18-19-31-23(28)25(4,5)8-3/h21H,6-20H2,1-5H3,(H,26,29). The lowest BCUT2D eigenvalue weighted by Crippen LogP contribution is -2.29. The van der Waals surface area contributed by atoms with Crippen LogP contribution < -0.4 is 5.32 Å². The number of hydrogen-bond donors (Lipinski definition) is 1. The van der Waals surface area contributed by atoms with Crippen molar-refractivity contribution in [3.63, 3.8) is 0 Å². The minimum atomic E-state index is -0.494.